The van der Waals surface area contributed by atoms with Crippen molar-refractivity contribution in [3.8, 4) is 5.69 Å². The SMILES string of the molecule is CON(C)C(=O)c1c(C)nn(-c2ccc(Br)cc2)c1C. The molecule has 0 N–H and O–H groups in total. The van der Waals surface area contributed by atoms with E-state index in [1.54, 1.807) is 11.7 Å². The predicted molar refractivity (Wildman–Crippen MR) is 79.8 cm³/mol. The normalized spacial score (nSPS) is 10.7. The Hall–Kier alpha value is -1.66. The molecule has 0 aliphatic carbocycles. The topological polar surface area (TPSA) is 47.4 Å². The molecule has 0 aliphatic rings. The molecule has 0 unspecified atom stereocenters. The summed E-state index contributed by atoms with van der Waals surface area (Å²) in [5.41, 5.74) is 2.95. The van der Waals surface area contributed by atoms with Gasteiger partial charge in [0, 0.05) is 11.5 Å². The van der Waals surface area contributed by atoms with Crippen LogP contribution in [-0.2, 0) is 4.84 Å². The fourth-order valence-corrected chi connectivity index (χ4v) is 2.29. The van der Waals surface area contributed by atoms with Crippen molar-refractivity contribution in [3.05, 3.63) is 45.7 Å². The third kappa shape index (κ3) is 2.62. The zero-order chi connectivity index (χ0) is 14.9. The minimum Gasteiger partial charge on any atom is -0.274 e. The van der Waals surface area contributed by atoms with Crippen molar-refractivity contribution in [3.63, 3.8) is 0 Å². The molecule has 0 aliphatic heterocycles. The zero-order valence-corrected chi connectivity index (χ0v) is 13.4. The number of hydrogen-bond acceptors (Lipinski definition) is 3. The van der Waals surface area contributed by atoms with Crippen LogP contribution in [0.2, 0.25) is 0 Å². The Kier molecular flexibility index (Phi) is 4.25. The molecule has 0 spiro atoms. The van der Waals surface area contributed by atoms with Crippen LogP contribution in [0.25, 0.3) is 5.69 Å². The summed E-state index contributed by atoms with van der Waals surface area (Å²) in [7, 11) is 3.04. The number of carbonyl (C=O) groups excluding carboxylic acids is 1. The largest absolute Gasteiger partial charge is 0.280 e. The molecule has 0 radical (unpaired) electrons. The Morgan fingerprint density at radius 1 is 1.30 bits per heavy atom. The molecule has 6 heteroatoms. The summed E-state index contributed by atoms with van der Waals surface area (Å²) in [4.78, 5) is 17.2. The van der Waals surface area contributed by atoms with Gasteiger partial charge in [-0.25, -0.2) is 9.75 Å². The van der Waals surface area contributed by atoms with Crippen LogP contribution in [0.15, 0.2) is 28.7 Å². The maximum atomic E-state index is 12.3. The highest BCUT2D eigenvalue weighted by atomic mass is 79.9. The van der Waals surface area contributed by atoms with Crippen molar-refractivity contribution >= 4 is 21.8 Å². The zero-order valence-electron chi connectivity index (χ0n) is 11.8. The van der Waals surface area contributed by atoms with Crippen LogP contribution in [0.1, 0.15) is 21.7 Å². The number of hydrogen-bond donors (Lipinski definition) is 0. The fourth-order valence-electron chi connectivity index (χ4n) is 2.03. The Bertz CT molecular complexity index is 635. The van der Waals surface area contributed by atoms with Gasteiger partial charge in [0.15, 0.2) is 0 Å². The van der Waals surface area contributed by atoms with Crippen molar-refractivity contribution in [2.45, 2.75) is 13.8 Å². The van der Waals surface area contributed by atoms with E-state index in [0.29, 0.717) is 11.3 Å². The molecule has 0 atom stereocenters. The number of aryl methyl sites for hydroxylation is 1. The first-order chi connectivity index (χ1) is 9.45. The van der Waals surface area contributed by atoms with Gasteiger partial charge in [-0.15, -0.1) is 0 Å². The highest BCUT2D eigenvalue weighted by molar-refractivity contribution is 9.10. The van der Waals surface area contributed by atoms with E-state index < -0.39 is 0 Å². The summed E-state index contributed by atoms with van der Waals surface area (Å²) in [6.07, 6.45) is 0. The van der Waals surface area contributed by atoms with Crippen LogP contribution >= 0.6 is 15.9 Å². The van der Waals surface area contributed by atoms with Gasteiger partial charge in [0.2, 0.25) is 0 Å². The second kappa shape index (κ2) is 5.76. The third-order valence-corrected chi connectivity index (χ3v) is 3.66. The predicted octanol–water partition coefficient (Wildman–Crippen LogP) is 2.89. The Morgan fingerprint density at radius 3 is 2.45 bits per heavy atom. The van der Waals surface area contributed by atoms with E-state index in [9.17, 15) is 4.79 Å². The molecule has 2 rings (SSSR count). The smallest absolute Gasteiger partial charge is 0.274 e. The average Bonchev–Trinajstić information content (AvgIpc) is 2.73. The number of nitrogens with zero attached hydrogens (tertiary/aromatic N) is 3. The van der Waals surface area contributed by atoms with E-state index in [2.05, 4.69) is 21.0 Å². The lowest BCUT2D eigenvalue weighted by Crippen LogP contribution is -2.26. The van der Waals surface area contributed by atoms with Crippen LogP contribution in [0.3, 0.4) is 0 Å². The monoisotopic (exact) mass is 337 g/mol. The molecule has 1 heterocycles. The van der Waals surface area contributed by atoms with Gasteiger partial charge in [0.05, 0.1) is 29.7 Å². The Morgan fingerprint density at radius 2 is 1.90 bits per heavy atom. The highest BCUT2D eigenvalue weighted by Crippen LogP contribution is 2.20. The second-order valence-corrected chi connectivity index (χ2v) is 5.33. The second-order valence-electron chi connectivity index (χ2n) is 4.42. The lowest BCUT2D eigenvalue weighted by atomic mass is 10.2. The molecule has 0 saturated heterocycles. The van der Waals surface area contributed by atoms with Gasteiger partial charge in [-0.1, -0.05) is 15.9 Å². The number of benzene rings is 1. The van der Waals surface area contributed by atoms with E-state index in [1.807, 2.05) is 38.1 Å². The summed E-state index contributed by atoms with van der Waals surface area (Å²) in [6.45, 7) is 3.69. The molecule has 1 aromatic carbocycles. The Balaban J connectivity index is 2.48. The first-order valence-corrected chi connectivity index (χ1v) is 6.89. The van der Waals surface area contributed by atoms with Crippen LogP contribution in [0.5, 0.6) is 0 Å². The standard InChI is InChI=1S/C14H16BrN3O2/c1-9-13(14(19)17(3)20-4)10(2)18(16-9)12-7-5-11(15)6-8-12/h5-8H,1-4H3. The molecular weight excluding hydrogens is 322 g/mol. The number of amides is 1. The van der Waals surface area contributed by atoms with E-state index in [1.165, 1.54) is 12.2 Å². The summed E-state index contributed by atoms with van der Waals surface area (Å²) in [5.74, 6) is -0.203. The molecule has 0 bridgehead atoms. The van der Waals surface area contributed by atoms with Gasteiger partial charge >= 0.3 is 0 Å². The maximum Gasteiger partial charge on any atom is 0.280 e. The highest BCUT2D eigenvalue weighted by Gasteiger charge is 2.22. The number of carbonyl (C=O) groups is 1. The number of rotatable bonds is 3. The lowest BCUT2D eigenvalue weighted by Gasteiger charge is -2.13. The van der Waals surface area contributed by atoms with Crippen LogP contribution in [-0.4, -0.2) is 34.9 Å². The van der Waals surface area contributed by atoms with Gasteiger partial charge in [-0.2, -0.15) is 5.10 Å². The summed E-state index contributed by atoms with van der Waals surface area (Å²) in [5, 5.41) is 5.64. The molecule has 0 fully saturated rings. The van der Waals surface area contributed by atoms with Gasteiger partial charge in [0.25, 0.3) is 5.91 Å². The minimum atomic E-state index is -0.203. The Labute approximate surface area is 126 Å². The molecule has 0 saturated carbocycles. The maximum absolute atomic E-state index is 12.3. The van der Waals surface area contributed by atoms with Crippen molar-refractivity contribution < 1.29 is 9.63 Å². The number of halogens is 1. The number of aromatic nitrogens is 2. The van der Waals surface area contributed by atoms with Crippen LogP contribution in [0.4, 0.5) is 0 Å². The third-order valence-electron chi connectivity index (χ3n) is 3.14. The van der Waals surface area contributed by atoms with Crippen LogP contribution in [0, 0.1) is 13.8 Å². The minimum absolute atomic E-state index is 0.203. The molecule has 1 amide bonds. The van der Waals surface area contributed by atoms with Gasteiger partial charge in [0.1, 0.15) is 0 Å². The van der Waals surface area contributed by atoms with E-state index in [0.717, 1.165) is 15.9 Å². The van der Waals surface area contributed by atoms with E-state index in [-0.39, 0.29) is 5.91 Å². The van der Waals surface area contributed by atoms with Crippen LogP contribution < -0.4 is 0 Å². The van der Waals surface area contributed by atoms with E-state index in [4.69, 9.17) is 4.84 Å². The summed E-state index contributed by atoms with van der Waals surface area (Å²) < 4.78 is 2.76. The lowest BCUT2D eigenvalue weighted by molar-refractivity contribution is -0.0757. The molecule has 20 heavy (non-hydrogen) atoms. The molecule has 2 aromatic rings. The van der Waals surface area contributed by atoms with Crippen molar-refractivity contribution in [1.82, 2.24) is 14.8 Å². The summed E-state index contributed by atoms with van der Waals surface area (Å²) >= 11 is 3.40. The number of hydroxylamine groups is 2. The molecule has 1 aromatic heterocycles. The van der Waals surface area contributed by atoms with Gasteiger partial charge < -0.3 is 0 Å². The van der Waals surface area contributed by atoms with Crippen molar-refractivity contribution in [2.24, 2.45) is 0 Å². The van der Waals surface area contributed by atoms with Crippen molar-refractivity contribution in [1.29, 1.82) is 0 Å². The van der Waals surface area contributed by atoms with Gasteiger partial charge in [-0.05, 0) is 38.1 Å². The molecule has 5 nitrogen and oxygen atoms in total. The first kappa shape index (κ1) is 14.7. The quantitative estimate of drug-likeness (QED) is 0.809. The van der Waals surface area contributed by atoms with E-state index >= 15 is 0 Å². The summed E-state index contributed by atoms with van der Waals surface area (Å²) in [6, 6.07) is 7.76. The first-order valence-electron chi connectivity index (χ1n) is 6.10. The van der Waals surface area contributed by atoms with Gasteiger partial charge in [-0.3, -0.25) is 9.63 Å². The fraction of sp³-hybridized carbons (Fsp3) is 0.286. The van der Waals surface area contributed by atoms with Crippen molar-refractivity contribution in [2.75, 3.05) is 14.2 Å². The average molecular weight is 338 g/mol. The molecule has 106 valence electrons. The molecular formula is C14H16BrN3O2.